The molecule has 0 spiro atoms. The Kier molecular flexibility index (Phi) is 11.4. The molecule has 3 aromatic rings. The monoisotopic (exact) mass is 643 g/mol. The Labute approximate surface area is 251 Å². The van der Waals surface area contributed by atoms with E-state index in [-0.39, 0.29) is 30.6 Å². The normalized spacial score (nSPS) is 12.7. The predicted octanol–water partition coefficient (Wildman–Crippen LogP) is 5.09. The molecule has 0 aromatic heterocycles. The van der Waals surface area contributed by atoms with Gasteiger partial charge in [-0.05, 0) is 61.2 Å². The van der Waals surface area contributed by atoms with Gasteiger partial charge in [-0.1, -0.05) is 71.4 Å². The Bertz CT molecular complexity index is 1450. The van der Waals surface area contributed by atoms with Crippen molar-refractivity contribution in [2.24, 2.45) is 0 Å². The van der Waals surface area contributed by atoms with Crippen molar-refractivity contribution in [2.75, 3.05) is 24.2 Å². The number of hydrogen-bond donors (Lipinski definition) is 1. The summed E-state index contributed by atoms with van der Waals surface area (Å²) in [7, 11) is -2.46. The number of methoxy groups -OCH3 is 1. The summed E-state index contributed by atoms with van der Waals surface area (Å²) in [5, 5.41) is 3.03. The van der Waals surface area contributed by atoms with Gasteiger partial charge in [0.1, 0.15) is 18.3 Å². The molecule has 0 fully saturated rings. The van der Waals surface area contributed by atoms with E-state index in [9.17, 15) is 18.0 Å². The number of hydrogen-bond acceptors (Lipinski definition) is 5. The second kappa shape index (κ2) is 14.5. The molecule has 2 amide bonds. The fraction of sp³-hybridized carbons (Fsp3) is 0.355. The SMILES string of the molecule is CCC(C)NC(=O)C(Cc1ccccc1)N(Cc1cccc(Br)c1)C(=O)CN(c1cc(C)ccc1OC)S(C)(=O)=O. The minimum Gasteiger partial charge on any atom is -0.495 e. The smallest absolute Gasteiger partial charge is 0.244 e. The standard InChI is InChI=1S/C31H38BrN3O5S/c1-6-23(3)33-31(37)28(19-24-11-8-7-9-12-24)34(20-25-13-10-14-26(32)18-25)30(36)21-35(41(5,38)39)27-17-22(2)15-16-29(27)40-4/h7-18,23,28H,6,19-21H2,1-5H3,(H,33,37). The summed E-state index contributed by atoms with van der Waals surface area (Å²) >= 11 is 3.49. The highest BCUT2D eigenvalue weighted by Crippen LogP contribution is 2.31. The number of nitrogens with one attached hydrogen (secondary N) is 1. The zero-order valence-electron chi connectivity index (χ0n) is 24.1. The Morgan fingerprint density at radius 3 is 2.29 bits per heavy atom. The summed E-state index contributed by atoms with van der Waals surface area (Å²) in [6.45, 7) is 5.31. The summed E-state index contributed by atoms with van der Waals surface area (Å²) < 4.78 is 33.4. The second-order valence-electron chi connectivity index (χ2n) is 10.1. The Morgan fingerprint density at radius 2 is 1.68 bits per heavy atom. The summed E-state index contributed by atoms with van der Waals surface area (Å²) in [5.41, 5.74) is 2.74. The quantitative estimate of drug-likeness (QED) is 0.280. The molecule has 10 heteroatoms. The zero-order chi connectivity index (χ0) is 30.2. The first-order valence-corrected chi connectivity index (χ1v) is 16.1. The fourth-order valence-electron chi connectivity index (χ4n) is 4.42. The molecular weight excluding hydrogens is 606 g/mol. The number of anilines is 1. The Balaban J connectivity index is 2.10. The lowest BCUT2D eigenvalue weighted by atomic mass is 10.0. The summed E-state index contributed by atoms with van der Waals surface area (Å²) in [4.78, 5) is 29.5. The third-order valence-electron chi connectivity index (χ3n) is 6.80. The van der Waals surface area contributed by atoms with Crippen LogP contribution < -0.4 is 14.4 Å². The first kappa shape index (κ1) is 32.1. The van der Waals surface area contributed by atoms with Gasteiger partial charge in [-0.15, -0.1) is 0 Å². The third kappa shape index (κ3) is 9.06. The molecule has 3 aromatic carbocycles. The van der Waals surface area contributed by atoms with Crippen LogP contribution >= 0.6 is 15.9 Å². The van der Waals surface area contributed by atoms with Gasteiger partial charge < -0.3 is 15.0 Å². The van der Waals surface area contributed by atoms with Crippen LogP contribution in [-0.4, -0.2) is 57.1 Å². The fourth-order valence-corrected chi connectivity index (χ4v) is 5.71. The lowest BCUT2D eigenvalue weighted by molar-refractivity contribution is -0.140. The maximum atomic E-state index is 14.2. The van der Waals surface area contributed by atoms with Crippen molar-refractivity contribution >= 4 is 43.5 Å². The molecule has 0 radical (unpaired) electrons. The number of benzene rings is 3. The second-order valence-corrected chi connectivity index (χ2v) is 12.9. The van der Waals surface area contributed by atoms with Crippen molar-refractivity contribution in [1.29, 1.82) is 0 Å². The molecular formula is C31H38BrN3O5S. The van der Waals surface area contributed by atoms with Crippen LogP contribution in [0.2, 0.25) is 0 Å². The highest BCUT2D eigenvalue weighted by Gasteiger charge is 2.34. The number of carbonyl (C=O) groups is 2. The summed E-state index contributed by atoms with van der Waals surface area (Å²) in [6, 6.07) is 21.1. The average Bonchev–Trinajstić information content (AvgIpc) is 2.93. The molecule has 2 atom stereocenters. The van der Waals surface area contributed by atoms with E-state index in [1.807, 2.05) is 75.4 Å². The lowest BCUT2D eigenvalue weighted by Crippen LogP contribution is -2.54. The first-order valence-electron chi connectivity index (χ1n) is 13.4. The van der Waals surface area contributed by atoms with Crippen LogP contribution in [0.4, 0.5) is 5.69 Å². The number of amides is 2. The van der Waals surface area contributed by atoms with Crippen LogP contribution in [0.1, 0.15) is 37.0 Å². The number of halogens is 1. The van der Waals surface area contributed by atoms with Gasteiger partial charge in [0.2, 0.25) is 21.8 Å². The van der Waals surface area contributed by atoms with Crippen molar-refractivity contribution in [3.63, 3.8) is 0 Å². The molecule has 0 aliphatic carbocycles. The van der Waals surface area contributed by atoms with E-state index in [0.717, 1.165) is 38.1 Å². The number of ether oxygens (including phenoxy) is 1. The van der Waals surface area contributed by atoms with Gasteiger partial charge in [-0.2, -0.15) is 0 Å². The third-order valence-corrected chi connectivity index (χ3v) is 8.42. The lowest BCUT2D eigenvalue weighted by Gasteiger charge is -2.34. The summed E-state index contributed by atoms with van der Waals surface area (Å²) in [5.74, 6) is -0.493. The predicted molar refractivity (Wildman–Crippen MR) is 166 cm³/mol. The Morgan fingerprint density at radius 1 is 1.00 bits per heavy atom. The maximum Gasteiger partial charge on any atom is 0.244 e. The Hall–Kier alpha value is -3.37. The number of rotatable bonds is 13. The molecule has 220 valence electrons. The van der Waals surface area contributed by atoms with Crippen molar-refractivity contribution < 1.29 is 22.7 Å². The molecule has 1 N–H and O–H groups in total. The van der Waals surface area contributed by atoms with Crippen LogP contribution in [-0.2, 0) is 32.6 Å². The minimum atomic E-state index is -3.91. The minimum absolute atomic E-state index is 0.103. The summed E-state index contributed by atoms with van der Waals surface area (Å²) in [6.07, 6.45) is 2.03. The first-order chi connectivity index (χ1) is 19.4. The van der Waals surface area contributed by atoms with Crippen LogP contribution in [0, 0.1) is 6.92 Å². The van der Waals surface area contributed by atoms with Crippen molar-refractivity contribution in [2.45, 2.75) is 52.2 Å². The van der Waals surface area contributed by atoms with Crippen molar-refractivity contribution in [3.05, 3.63) is 94.0 Å². The molecule has 8 nitrogen and oxygen atoms in total. The number of aryl methyl sites for hydroxylation is 1. The molecule has 0 heterocycles. The van der Waals surface area contributed by atoms with Crippen LogP contribution in [0.25, 0.3) is 0 Å². The van der Waals surface area contributed by atoms with Gasteiger partial charge >= 0.3 is 0 Å². The topological polar surface area (TPSA) is 96.0 Å². The van der Waals surface area contributed by atoms with Crippen molar-refractivity contribution in [3.8, 4) is 5.75 Å². The number of nitrogens with zero attached hydrogens (tertiary/aromatic N) is 2. The van der Waals surface area contributed by atoms with E-state index in [4.69, 9.17) is 4.74 Å². The van der Waals surface area contributed by atoms with E-state index in [1.165, 1.54) is 12.0 Å². The van der Waals surface area contributed by atoms with Gasteiger partial charge in [0, 0.05) is 23.5 Å². The zero-order valence-corrected chi connectivity index (χ0v) is 26.5. The molecule has 3 rings (SSSR count). The van der Waals surface area contributed by atoms with E-state index in [1.54, 1.807) is 18.2 Å². The van der Waals surface area contributed by atoms with E-state index in [0.29, 0.717) is 5.75 Å². The van der Waals surface area contributed by atoms with Gasteiger partial charge in [0.25, 0.3) is 0 Å². The maximum absolute atomic E-state index is 14.2. The average molecular weight is 645 g/mol. The van der Waals surface area contributed by atoms with Gasteiger partial charge in [0.05, 0.1) is 19.1 Å². The van der Waals surface area contributed by atoms with Gasteiger partial charge in [0.15, 0.2) is 0 Å². The molecule has 0 saturated carbocycles. The van der Waals surface area contributed by atoms with Gasteiger partial charge in [-0.25, -0.2) is 8.42 Å². The highest BCUT2D eigenvalue weighted by molar-refractivity contribution is 9.10. The van der Waals surface area contributed by atoms with Gasteiger partial charge in [-0.3, -0.25) is 13.9 Å². The molecule has 0 aliphatic heterocycles. The number of carbonyl (C=O) groups excluding carboxylic acids is 2. The van der Waals surface area contributed by atoms with E-state index >= 15 is 0 Å². The van der Waals surface area contributed by atoms with E-state index < -0.39 is 28.5 Å². The molecule has 0 aliphatic rings. The van der Waals surface area contributed by atoms with Crippen LogP contribution in [0.15, 0.2) is 77.3 Å². The molecule has 41 heavy (non-hydrogen) atoms. The molecule has 0 bridgehead atoms. The van der Waals surface area contributed by atoms with Crippen LogP contribution in [0.3, 0.4) is 0 Å². The largest absolute Gasteiger partial charge is 0.495 e. The molecule has 2 unspecified atom stereocenters. The van der Waals surface area contributed by atoms with E-state index in [2.05, 4.69) is 21.2 Å². The van der Waals surface area contributed by atoms with Crippen LogP contribution in [0.5, 0.6) is 5.75 Å². The highest BCUT2D eigenvalue weighted by atomic mass is 79.9. The van der Waals surface area contributed by atoms with Crippen molar-refractivity contribution in [1.82, 2.24) is 10.2 Å². The molecule has 0 saturated heterocycles. The number of sulfonamides is 1.